The standard InChI is InChI=1S/C20H19N3O2S2/c1-24-17-8-7-13(11-18(17)25-2)27-23-15-6-4-3-5-14(15)20-22-16-9-10-21-12-19(16)26-20/h3-12,20,22-23H,1-2H3. The van der Waals surface area contributed by atoms with Crippen molar-refractivity contribution in [2.45, 2.75) is 15.2 Å². The molecule has 2 N–H and O–H groups in total. The molecule has 1 unspecified atom stereocenters. The molecule has 138 valence electrons. The van der Waals surface area contributed by atoms with Crippen LogP contribution in [0.15, 0.2) is 70.7 Å². The van der Waals surface area contributed by atoms with Crippen molar-refractivity contribution in [3.05, 3.63) is 66.5 Å². The van der Waals surface area contributed by atoms with Crippen LogP contribution in [0.4, 0.5) is 11.4 Å². The quantitative estimate of drug-likeness (QED) is 0.538. The summed E-state index contributed by atoms with van der Waals surface area (Å²) in [5.41, 5.74) is 3.40. The number of benzene rings is 2. The Bertz CT molecular complexity index is 927. The third kappa shape index (κ3) is 3.79. The molecule has 5 nitrogen and oxygen atoms in total. The van der Waals surface area contributed by atoms with Crippen LogP contribution in [0.1, 0.15) is 10.9 Å². The minimum Gasteiger partial charge on any atom is -0.493 e. The zero-order valence-electron chi connectivity index (χ0n) is 14.9. The van der Waals surface area contributed by atoms with Gasteiger partial charge in [0.05, 0.1) is 30.5 Å². The van der Waals surface area contributed by atoms with Crippen LogP contribution in [0, 0.1) is 0 Å². The van der Waals surface area contributed by atoms with Gasteiger partial charge in [-0.05, 0) is 42.3 Å². The van der Waals surface area contributed by atoms with Gasteiger partial charge in [0.15, 0.2) is 11.5 Å². The lowest BCUT2D eigenvalue weighted by molar-refractivity contribution is 0.354. The number of para-hydroxylation sites is 1. The van der Waals surface area contributed by atoms with E-state index in [1.54, 1.807) is 37.9 Å². The Morgan fingerprint density at radius 2 is 1.93 bits per heavy atom. The lowest BCUT2D eigenvalue weighted by Crippen LogP contribution is -2.04. The second-order valence-corrected chi connectivity index (χ2v) is 7.85. The normalized spacial score (nSPS) is 15.0. The SMILES string of the molecule is COc1ccc(SNc2ccccc2C2Nc3ccncc3S2)cc1OC. The highest BCUT2D eigenvalue weighted by Gasteiger charge is 2.24. The van der Waals surface area contributed by atoms with Crippen molar-refractivity contribution in [1.29, 1.82) is 0 Å². The molecule has 0 saturated carbocycles. The smallest absolute Gasteiger partial charge is 0.161 e. The summed E-state index contributed by atoms with van der Waals surface area (Å²) in [6.45, 7) is 0. The van der Waals surface area contributed by atoms with Crippen LogP contribution in [0.2, 0.25) is 0 Å². The average Bonchev–Trinajstić information content (AvgIpc) is 3.16. The predicted molar refractivity (Wildman–Crippen MR) is 112 cm³/mol. The zero-order valence-corrected chi connectivity index (χ0v) is 16.6. The van der Waals surface area contributed by atoms with Gasteiger partial charge in [-0.25, -0.2) is 0 Å². The monoisotopic (exact) mass is 397 g/mol. The van der Waals surface area contributed by atoms with E-state index < -0.39 is 0 Å². The largest absolute Gasteiger partial charge is 0.493 e. The zero-order chi connectivity index (χ0) is 18.6. The summed E-state index contributed by atoms with van der Waals surface area (Å²) >= 11 is 3.32. The van der Waals surface area contributed by atoms with Gasteiger partial charge in [0.2, 0.25) is 0 Å². The summed E-state index contributed by atoms with van der Waals surface area (Å²) < 4.78 is 14.2. The molecule has 4 rings (SSSR count). The van der Waals surface area contributed by atoms with E-state index in [1.807, 2.05) is 42.7 Å². The maximum atomic E-state index is 5.38. The van der Waals surface area contributed by atoms with Crippen molar-refractivity contribution in [2.24, 2.45) is 0 Å². The first-order valence-corrected chi connectivity index (χ1v) is 10.1. The van der Waals surface area contributed by atoms with Gasteiger partial charge in [0.1, 0.15) is 5.37 Å². The van der Waals surface area contributed by atoms with Gasteiger partial charge in [-0.15, -0.1) is 0 Å². The molecule has 2 heterocycles. The highest BCUT2D eigenvalue weighted by atomic mass is 32.2. The third-order valence-electron chi connectivity index (χ3n) is 4.19. The predicted octanol–water partition coefficient (Wildman–Crippen LogP) is 5.43. The van der Waals surface area contributed by atoms with Crippen molar-refractivity contribution < 1.29 is 9.47 Å². The Balaban J connectivity index is 1.51. The van der Waals surface area contributed by atoms with Crippen LogP contribution in [-0.4, -0.2) is 19.2 Å². The molecular formula is C20H19N3O2S2. The molecule has 2 aromatic carbocycles. The van der Waals surface area contributed by atoms with Gasteiger partial charge in [-0.3, -0.25) is 4.98 Å². The second kappa shape index (κ2) is 8.02. The van der Waals surface area contributed by atoms with Crippen LogP contribution in [0.25, 0.3) is 0 Å². The van der Waals surface area contributed by atoms with E-state index in [0.29, 0.717) is 5.75 Å². The Morgan fingerprint density at radius 1 is 1.07 bits per heavy atom. The minimum absolute atomic E-state index is 0.152. The molecule has 3 aromatic rings. The van der Waals surface area contributed by atoms with Crippen molar-refractivity contribution in [1.82, 2.24) is 4.98 Å². The molecular weight excluding hydrogens is 378 g/mol. The average molecular weight is 398 g/mol. The van der Waals surface area contributed by atoms with Crippen LogP contribution in [0.3, 0.4) is 0 Å². The van der Waals surface area contributed by atoms with Gasteiger partial charge in [-0.1, -0.05) is 30.0 Å². The first-order valence-electron chi connectivity index (χ1n) is 8.39. The van der Waals surface area contributed by atoms with Crippen molar-refractivity contribution in [3.63, 3.8) is 0 Å². The number of nitrogens with one attached hydrogen (secondary N) is 2. The summed E-state index contributed by atoms with van der Waals surface area (Å²) in [6.07, 6.45) is 3.72. The lowest BCUT2D eigenvalue weighted by Gasteiger charge is -2.17. The van der Waals surface area contributed by atoms with Crippen molar-refractivity contribution >= 4 is 35.1 Å². The van der Waals surface area contributed by atoms with E-state index in [2.05, 4.69) is 33.2 Å². The molecule has 0 amide bonds. The minimum atomic E-state index is 0.152. The number of methoxy groups -OCH3 is 2. The van der Waals surface area contributed by atoms with E-state index in [0.717, 1.165) is 22.0 Å². The van der Waals surface area contributed by atoms with Gasteiger partial charge in [-0.2, -0.15) is 0 Å². The Morgan fingerprint density at radius 3 is 2.74 bits per heavy atom. The molecule has 27 heavy (non-hydrogen) atoms. The molecule has 0 saturated heterocycles. The molecule has 7 heteroatoms. The highest BCUT2D eigenvalue weighted by molar-refractivity contribution is 8.00. The fourth-order valence-corrected chi connectivity index (χ4v) is 4.71. The number of thioether (sulfide) groups is 1. The number of nitrogens with zero attached hydrogens (tertiary/aromatic N) is 1. The van der Waals surface area contributed by atoms with Crippen LogP contribution in [-0.2, 0) is 0 Å². The first-order chi connectivity index (χ1) is 13.3. The van der Waals surface area contributed by atoms with Gasteiger partial charge in [0, 0.05) is 22.9 Å². The Hall–Kier alpha value is -2.51. The third-order valence-corrected chi connectivity index (χ3v) is 6.19. The number of hydrogen-bond acceptors (Lipinski definition) is 7. The van der Waals surface area contributed by atoms with Crippen LogP contribution in [0.5, 0.6) is 11.5 Å². The molecule has 1 aromatic heterocycles. The lowest BCUT2D eigenvalue weighted by atomic mass is 10.2. The number of hydrogen-bond donors (Lipinski definition) is 2. The van der Waals surface area contributed by atoms with E-state index in [9.17, 15) is 0 Å². The molecule has 1 aliphatic heterocycles. The topological polar surface area (TPSA) is 55.4 Å². The summed E-state index contributed by atoms with van der Waals surface area (Å²) in [6, 6.07) is 16.2. The second-order valence-electron chi connectivity index (χ2n) is 5.82. The maximum Gasteiger partial charge on any atom is 0.161 e. The number of aromatic nitrogens is 1. The molecule has 0 aliphatic carbocycles. The fraction of sp³-hybridized carbons (Fsp3) is 0.150. The number of fused-ring (bicyclic) bond motifs is 1. The summed E-state index contributed by atoms with van der Waals surface area (Å²) in [5.74, 6) is 1.44. The van der Waals surface area contributed by atoms with Crippen molar-refractivity contribution in [2.75, 3.05) is 24.3 Å². The van der Waals surface area contributed by atoms with Gasteiger partial charge in [0.25, 0.3) is 0 Å². The fourth-order valence-electron chi connectivity index (χ4n) is 2.84. The Kier molecular flexibility index (Phi) is 5.31. The molecule has 0 fully saturated rings. The number of anilines is 2. The van der Waals surface area contributed by atoms with E-state index in [-0.39, 0.29) is 5.37 Å². The Labute approximate surface area is 167 Å². The summed E-state index contributed by atoms with van der Waals surface area (Å²) in [4.78, 5) is 6.43. The van der Waals surface area contributed by atoms with Crippen molar-refractivity contribution in [3.8, 4) is 11.5 Å². The van der Waals surface area contributed by atoms with E-state index in [1.165, 1.54) is 10.5 Å². The van der Waals surface area contributed by atoms with Crippen LogP contribution >= 0.6 is 23.7 Å². The molecule has 0 spiro atoms. The van der Waals surface area contributed by atoms with Gasteiger partial charge >= 0.3 is 0 Å². The molecule has 1 aliphatic rings. The molecule has 0 bridgehead atoms. The number of ether oxygens (including phenoxy) is 2. The number of rotatable bonds is 6. The molecule has 1 atom stereocenters. The maximum absolute atomic E-state index is 5.38. The van der Waals surface area contributed by atoms with Crippen LogP contribution < -0.4 is 19.5 Å². The number of pyridine rings is 1. The van der Waals surface area contributed by atoms with Gasteiger partial charge < -0.3 is 19.5 Å². The first kappa shape index (κ1) is 17.9. The summed E-state index contributed by atoms with van der Waals surface area (Å²) in [7, 11) is 3.28. The highest BCUT2D eigenvalue weighted by Crippen LogP contribution is 2.48. The van der Waals surface area contributed by atoms with E-state index >= 15 is 0 Å². The summed E-state index contributed by atoms with van der Waals surface area (Å²) in [5, 5.41) is 3.71. The van der Waals surface area contributed by atoms with E-state index in [4.69, 9.17) is 9.47 Å². The molecule has 0 radical (unpaired) electrons.